The fourth-order valence-electron chi connectivity index (χ4n) is 3.85. The number of rotatable bonds is 7. The maximum atomic E-state index is 13.5. The highest BCUT2D eigenvalue weighted by molar-refractivity contribution is 5.79. The molecule has 0 fully saturated rings. The summed E-state index contributed by atoms with van der Waals surface area (Å²) >= 11 is 0. The van der Waals surface area contributed by atoms with Gasteiger partial charge in [-0.2, -0.15) is 0 Å². The van der Waals surface area contributed by atoms with E-state index in [-0.39, 0.29) is 17.9 Å². The average molecular weight is 442 g/mol. The topological polar surface area (TPSA) is 73.1 Å². The largest absolute Gasteiger partial charge is 0.356 e. The molecule has 0 aliphatic carbocycles. The van der Waals surface area contributed by atoms with Crippen molar-refractivity contribution < 1.29 is 4.79 Å². The molecule has 0 bridgehead atoms. The number of fused-ring (bicyclic) bond motifs is 1. The van der Waals surface area contributed by atoms with E-state index in [1.807, 2.05) is 44.2 Å². The summed E-state index contributed by atoms with van der Waals surface area (Å²) < 4.78 is 2.84. The Morgan fingerprint density at radius 2 is 1.55 bits per heavy atom. The molecule has 0 spiro atoms. The van der Waals surface area contributed by atoms with Crippen molar-refractivity contribution in [3.05, 3.63) is 110 Å². The second-order valence-electron chi connectivity index (χ2n) is 8.21. The molecule has 3 aromatic carbocycles. The fraction of sp³-hybridized carbons (Fsp3) is 0.222. The van der Waals surface area contributed by atoms with Crippen molar-refractivity contribution in [3.63, 3.8) is 0 Å². The predicted octanol–water partition coefficient (Wildman–Crippen LogP) is 3.58. The summed E-state index contributed by atoms with van der Waals surface area (Å²) in [7, 11) is 0. The van der Waals surface area contributed by atoms with Gasteiger partial charge in [0.25, 0.3) is 5.56 Å². The van der Waals surface area contributed by atoms with Gasteiger partial charge in [-0.3, -0.25) is 14.2 Å². The van der Waals surface area contributed by atoms with Crippen molar-refractivity contribution in [2.75, 3.05) is 6.54 Å². The molecule has 4 rings (SSSR count). The van der Waals surface area contributed by atoms with Crippen molar-refractivity contribution in [2.45, 2.75) is 33.2 Å². The molecule has 168 valence electrons. The minimum atomic E-state index is -0.396. The van der Waals surface area contributed by atoms with Gasteiger partial charge in [0.2, 0.25) is 5.91 Å². The third-order valence-electron chi connectivity index (χ3n) is 5.64. The van der Waals surface area contributed by atoms with Crippen LogP contribution in [0.25, 0.3) is 16.6 Å². The van der Waals surface area contributed by atoms with Crippen molar-refractivity contribution in [1.82, 2.24) is 14.5 Å². The maximum absolute atomic E-state index is 13.5. The third-order valence-corrected chi connectivity index (χ3v) is 5.64. The van der Waals surface area contributed by atoms with Crippen LogP contribution in [0.4, 0.5) is 0 Å². The van der Waals surface area contributed by atoms with Crippen LogP contribution in [-0.2, 0) is 17.8 Å². The van der Waals surface area contributed by atoms with Crippen LogP contribution in [0.3, 0.4) is 0 Å². The molecule has 33 heavy (non-hydrogen) atoms. The van der Waals surface area contributed by atoms with E-state index < -0.39 is 5.69 Å². The van der Waals surface area contributed by atoms with E-state index >= 15 is 0 Å². The monoisotopic (exact) mass is 441 g/mol. The quantitative estimate of drug-likeness (QED) is 0.477. The van der Waals surface area contributed by atoms with E-state index in [4.69, 9.17) is 0 Å². The Labute approximate surface area is 192 Å². The zero-order chi connectivity index (χ0) is 23.4. The van der Waals surface area contributed by atoms with E-state index in [9.17, 15) is 14.4 Å². The Morgan fingerprint density at radius 3 is 2.24 bits per heavy atom. The summed E-state index contributed by atoms with van der Waals surface area (Å²) in [4.78, 5) is 38.8. The number of hydrogen-bond acceptors (Lipinski definition) is 3. The first-order valence-corrected chi connectivity index (χ1v) is 11.1. The van der Waals surface area contributed by atoms with Gasteiger partial charge in [-0.05, 0) is 48.7 Å². The molecular formula is C27H27N3O3. The summed E-state index contributed by atoms with van der Waals surface area (Å²) in [6.07, 6.45) is 1.13. The number of aromatic nitrogens is 2. The van der Waals surface area contributed by atoms with E-state index in [2.05, 4.69) is 5.32 Å². The van der Waals surface area contributed by atoms with Crippen LogP contribution in [0, 0.1) is 6.92 Å². The molecule has 6 heteroatoms. The molecule has 0 radical (unpaired) electrons. The lowest BCUT2D eigenvalue weighted by molar-refractivity contribution is -0.120. The number of nitrogens with one attached hydrogen (secondary N) is 1. The SMILES string of the molecule is CCCNC(=O)Cc1ccc(-n2c(=O)c3ccccc3n(Cc3ccc(C)cc3)c2=O)cc1. The van der Waals surface area contributed by atoms with Gasteiger partial charge in [0.15, 0.2) is 0 Å². The molecule has 1 N–H and O–H groups in total. The number of hydrogen-bond donors (Lipinski definition) is 1. The molecule has 0 aliphatic rings. The molecule has 0 unspecified atom stereocenters. The number of nitrogens with zero attached hydrogens (tertiary/aromatic N) is 2. The van der Waals surface area contributed by atoms with Crippen LogP contribution in [-0.4, -0.2) is 21.6 Å². The van der Waals surface area contributed by atoms with Crippen LogP contribution >= 0.6 is 0 Å². The first kappa shape index (κ1) is 22.3. The zero-order valence-electron chi connectivity index (χ0n) is 18.9. The minimum Gasteiger partial charge on any atom is -0.356 e. The van der Waals surface area contributed by atoms with Crippen molar-refractivity contribution in [2.24, 2.45) is 0 Å². The Morgan fingerprint density at radius 1 is 0.879 bits per heavy atom. The van der Waals surface area contributed by atoms with E-state index in [1.54, 1.807) is 47.0 Å². The lowest BCUT2D eigenvalue weighted by atomic mass is 10.1. The molecule has 0 saturated heterocycles. The van der Waals surface area contributed by atoms with E-state index in [1.165, 1.54) is 4.57 Å². The molecule has 1 aromatic heterocycles. The number of carbonyl (C=O) groups is 1. The minimum absolute atomic E-state index is 0.0482. The molecule has 0 aliphatic heterocycles. The normalized spacial score (nSPS) is 11.0. The highest BCUT2D eigenvalue weighted by Gasteiger charge is 2.15. The number of amides is 1. The highest BCUT2D eigenvalue weighted by atomic mass is 16.2. The Hall–Kier alpha value is -3.93. The highest BCUT2D eigenvalue weighted by Crippen LogP contribution is 2.14. The Bertz CT molecular complexity index is 1400. The van der Waals surface area contributed by atoms with Crippen LogP contribution in [0.2, 0.25) is 0 Å². The molecule has 0 atom stereocenters. The standard InChI is InChI=1S/C27H27N3O3/c1-3-16-28-25(31)17-20-12-14-22(15-13-20)30-26(32)23-6-4-5-7-24(23)29(27(30)33)18-21-10-8-19(2)9-11-21/h4-15H,3,16-18H2,1-2H3,(H,28,31). The first-order valence-electron chi connectivity index (χ1n) is 11.1. The van der Waals surface area contributed by atoms with Crippen molar-refractivity contribution in [3.8, 4) is 5.69 Å². The van der Waals surface area contributed by atoms with Gasteiger partial charge >= 0.3 is 5.69 Å². The average Bonchev–Trinajstić information content (AvgIpc) is 2.83. The zero-order valence-corrected chi connectivity index (χ0v) is 18.9. The maximum Gasteiger partial charge on any atom is 0.336 e. The van der Waals surface area contributed by atoms with Crippen LogP contribution in [0.1, 0.15) is 30.0 Å². The van der Waals surface area contributed by atoms with Gasteiger partial charge in [0.1, 0.15) is 0 Å². The Kier molecular flexibility index (Phi) is 6.54. The van der Waals surface area contributed by atoms with Gasteiger partial charge < -0.3 is 5.32 Å². The Balaban J connectivity index is 1.76. The predicted molar refractivity (Wildman–Crippen MR) is 131 cm³/mol. The lowest BCUT2D eigenvalue weighted by Crippen LogP contribution is -2.39. The van der Waals surface area contributed by atoms with Crippen molar-refractivity contribution >= 4 is 16.8 Å². The third kappa shape index (κ3) is 4.80. The number of para-hydroxylation sites is 1. The molecule has 1 heterocycles. The summed E-state index contributed by atoms with van der Waals surface area (Å²) in [5.41, 5.74) is 3.27. The number of carbonyl (C=O) groups excluding carboxylic acids is 1. The summed E-state index contributed by atoms with van der Waals surface area (Å²) in [6.45, 7) is 5.02. The van der Waals surface area contributed by atoms with Crippen LogP contribution in [0.5, 0.6) is 0 Å². The number of aryl methyl sites for hydroxylation is 1. The smallest absolute Gasteiger partial charge is 0.336 e. The van der Waals surface area contributed by atoms with Crippen LogP contribution < -0.4 is 16.6 Å². The summed E-state index contributed by atoms with van der Waals surface area (Å²) in [6, 6.07) is 22.2. The fourth-order valence-corrected chi connectivity index (χ4v) is 3.85. The second-order valence-corrected chi connectivity index (χ2v) is 8.21. The lowest BCUT2D eigenvalue weighted by Gasteiger charge is -2.15. The van der Waals surface area contributed by atoms with Crippen molar-refractivity contribution in [1.29, 1.82) is 0 Å². The molecular weight excluding hydrogens is 414 g/mol. The van der Waals surface area contributed by atoms with Gasteiger partial charge in [0.05, 0.1) is 29.6 Å². The van der Waals surface area contributed by atoms with E-state index in [0.29, 0.717) is 29.7 Å². The first-order chi connectivity index (χ1) is 16.0. The summed E-state index contributed by atoms with van der Waals surface area (Å²) in [5.74, 6) is -0.0482. The second kappa shape index (κ2) is 9.69. The van der Waals surface area contributed by atoms with E-state index in [0.717, 1.165) is 23.1 Å². The van der Waals surface area contributed by atoms with Crippen LogP contribution in [0.15, 0.2) is 82.4 Å². The summed E-state index contributed by atoms with van der Waals surface area (Å²) in [5, 5.41) is 3.33. The van der Waals surface area contributed by atoms with Gasteiger partial charge in [0, 0.05) is 6.54 Å². The van der Waals surface area contributed by atoms with Gasteiger partial charge in [-0.1, -0.05) is 61.0 Å². The van der Waals surface area contributed by atoms with Gasteiger partial charge in [-0.15, -0.1) is 0 Å². The molecule has 1 amide bonds. The number of benzene rings is 3. The molecule has 4 aromatic rings. The molecule has 6 nitrogen and oxygen atoms in total. The van der Waals surface area contributed by atoms with Gasteiger partial charge in [-0.25, -0.2) is 9.36 Å². The molecule has 0 saturated carbocycles.